The Bertz CT molecular complexity index is 669. The Balaban J connectivity index is 1.28. The molecule has 146 valence electrons. The molecule has 1 heterocycles. The molecule has 0 spiro atoms. The Morgan fingerprint density at radius 3 is 2.41 bits per heavy atom. The second kappa shape index (κ2) is 7.32. The molecule has 4 rings (SSSR count). The highest BCUT2D eigenvalue weighted by atomic mass is 16.2. The quantitative estimate of drug-likeness (QED) is 0.244. The number of imide groups is 1. The Hall–Kier alpha value is -2.38. The van der Waals surface area contributed by atoms with Crippen molar-refractivity contribution in [3.05, 3.63) is 12.2 Å². The first-order chi connectivity index (χ1) is 13.1. The Kier molecular flexibility index (Phi) is 4.88. The highest BCUT2D eigenvalue weighted by molar-refractivity contribution is 6.06. The van der Waals surface area contributed by atoms with Crippen LogP contribution in [0.2, 0.25) is 0 Å². The lowest BCUT2D eigenvalue weighted by Gasteiger charge is -2.18. The van der Waals surface area contributed by atoms with Gasteiger partial charge in [-0.25, -0.2) is 4.99 Å². The number of likely N-dealkylation sites (tertiary alicyclic amines) is 1. The van der Waals surface area contributed by atoms with Gasteiger partial charge in [0.1, 0.15) is 6.54 Å². The van der Waals surface area contributed by atoms with Gasteiger partial charge >= 0.3 is 0 Å². The normalized spacial score (nSPS) is 31.4. The molecule has 8 heteroatoms. The molecule has 0 radical (unpaired) electrons. The molecule has 0 aromatic carbocycles. The van der Waals surface area contributed by atoms with Crippen LogP contribution in [0, 0.1) is 23.7 Å². The number of nitrogens with one attached hydrogen (secondary N) is 3. The van der Waals surface area contributed by atoms with E-state index in [0.29, 0.717) is 31.6 Å². The van der Waals surface area contributed by atoms with Crippen LogP contribution < -0.4 is 16.0 Å². The van der Waals surface area contributed by atoms with Crippen molar-refractivity contribution in [1.29, 1.82) is 0 Å². The van der Waals surface area contributed by atoms with Gasteiger partial charge in [0.05, 0.1) is 11.8 Å². The van der Waals surface area contributed by atoms with Gasteiger partial charge in [0.25, 0.3) is 0 Å². The minimum atomic E-state index is -0.152. The molecule has 2 bridgehead atoms. The molecule has 27 heavy (non-hydrogen) atoms. The summed E-state index contributed by atoms with van der Waals surface area (Å²) >= 11 is 0. The predicted octanol–water partition coefficient (Wildman–Crippen LogP) is -0.373. The van der Waals surface area contributed by atoms with Crippen LogP contribution in [0.25, 0.3) is 0 Å². The van der Waals surface area contributed by atoms with Crippen molar-refractivity contribution in [1.82, 2.24) is 20.9 Å². The van der Waals surface area contributed by atoms with E-state index in [0.717, 1.165) is 19.3 Å². The van der Waals surface area contributed by atoms with E-state index < -0.39 is 0 Å². The van der Waals surface area contributed by atoms with Crippen LogP contribution in [0.4, 0.5) is 0 Å². The minimum absolute atomic E-state index is 0.0330. The lowest BCUT2D eigenvalue weighted by molar-refractivity contribution is -0.140. The van der Waals surface area contributed by atoms with Crippen molar-refractivity contribution in [3.63, 3.8) is 0 Å². The molecule has 3 amide bonds. The van der Waals surface area contributed by atoms with Crippen molar-refractivity contribution in [3.8, 4) is 0 Å². The third kappa shape index (κ3) is 3.57. The van der Waals surface area contributed by atoms with Crippen LogP contribution in [-0.4, -0.2) is 60.8 Å². The SMILES string of the molecule is CCNC(=NCC(=O)NC1CC1)NCCN1C(=O)C2C3C=CC(C3)C2C1=O. The van der Waals surface area contributed by atoms with E-state index in [1.54, 1.807) is 0 Å². The van der Waals surface area contributed by atoms with Gasteiger partial charge in [-0.15, -0.1) is 0 Å². The summed E-state index contributed by atoms with van der Waals surface area (Å²) in [5.41, 5.74) is 0. The molecule has 0 aromatic heterocycles. The number of allylic oxidation sites excluding steroid dienone is 2. The molecular formula is C19H27N5O3. The van der Waals surface area contributed by atoms with Gasteiger partial charge in [-0.05, 0) is 38.0 Å². The highest BCUT2D eigenvalue weighted by Gasteiger charge is 2.58. The van der Waals surface area contributed by atoms with Crippen LogP contribution >= 0.6 is 0 Å². The average Bonchev–Trinajstić information content (AvgIpc) is 3.12. The largest absolute Gasteiger partial charge is 0.357 e. The molecule has 2 saturated carbocycles. The van der Waals surface area contributed by atoms with Crippen molar-refractivity contribution in [2.45, 2.75) is 32.2 Å². The summed E-state index contributed by atoms with van der Waals surface area (Å²) in [6, 6.07) is 0.319. The first-order valence-corrected chi connectivity index (χ1v) is 9.93. The number of carbonyl (C=O) groups is 3. The number of carbonyl (C=O) groups excluding carboxylic acids is 3. The van der Waals surface area contributed by atoms with Crippen molar-refractivity contribution in [2.75, 3.05) is 26.2 Å². The van der Waals surface area contributed by atoms with Crippen molar-refractivity contribution >= 4 is 23.7 Å². The zero-order valence-corrected chi connectivity index (χ0v) is 15.6. The van der Waals surface area contributed by atoms with Crippen molar-refractivity contribution < 1.29 is 14.4 Å². The van der Waals surface area contributed by atoms with Crippen LogP contribution in [0.1, 0.15) is 26.2 Å². The maximum Gasteiger partial charge on any atom is 0.242 e. The zero-order chi connectivity index (χ0) is 19.0. The summed E-state index contributed by atoms with van der Waals surface area (Å²) in [5, 5.41) is 9.09. The van der Waals surface area contributed by atoms with Crippen LogP contribution in [0.3, 0.4) is 0 Å². The summed E-state index contributed by atoms with van der Waals surface area (Å²) < 4.78 is 0. The predicted molar refractivity (Wildman–Crippen MR) is 99.6 cm³/mol. The summed E-state index contributed by atoms with van der Waals surface area (Å²) in [6.07, 6.45) is 7.23. The fraction of sp³-hybridized carbons (Fsp3) is 0.684. The van der Waals surface area contributed by atoms with Crippen LogP contribution in [0.5, 0.6) is 0 Å². The minimum Gasteiger partial charge on any atom is -0.357 e. The van der Waals surface area contributed by atoms with Gasteiger partial charge < -0.3 is 16.0 Å². The fourth-order valence-electron chi connectivity index (χ4n) is 4.46. The second-order valence-corrected chi connectivity index (χ2v) is 7.79. The molecule has 3 fully saturated rings. The Morgan fingerprint density at radius 1 is 1.15 bits per heavy atom. The summed E-state index contributed by atoms with van der Waals surface area (Å²) in [6.45, 7) is 3.40. The number of fused-ring (bicyclic) bond motifs is 5. The maximum absolute atomic E-state index is 12.7. The van der Waals surface area contributed by atoms with Gasteiger partial charge in [-0.3, -0.25) is 19.3 Å². The summed E-state index contributed by atoms with van der Waals surface area (Å²) in [5.74, 6) is 0.529. The zero-order valence-electron chi connectivity index (χ0n) is 15.6. The summed E-state index contributed by atoms with van der Waals surface area (Å²) in [7, 11) is 0. The van der Waals surface area contributed by atoms with E-state index in [2.05, 4.69) is 33.1 Å². The lowest BCUT2D eigenvalue weighted by Crippen LogP contribution is -2.44. The van der Waals surface area contributed by atoms with Crippen molar-refractivity contribution in [2.24, 2.45) is 28.7 Å². The smallest absolute Gasteiger partial charge is 0.242 e. The monoisotopic (exact) mass is 373 g/mol. The summed E-state index contributed by atoms with van der Waals surface area (Å²) in [4.78, 5) is 42.8. The molecule has 4 atom stereocenters. The molecule has 1 saturated heterocycles. The molecule has 0 aromatic rings. The van der Waals surface area contributed by atoms with Gasteiger partial charge in [0.2, 0.25) is 17.7 Å². The highest BCUT2D eigenvalue weighted by Crippen LogP contribution is 2.52. The van der Waals surface area contributed by atoms with Crippen LogP contribution in [-0.2, 0) is 14.4 Å². The maximum atomic E-state index is 12.7. The van der Waals surface area contributed by atoms with E-state index in [-0.39, 0.29) is 47.9 Å². The van der Waals surface area contributed by atoms with E-state index in [9.17, 15) is 14.4 Å². The number of hydrogen-bond acceptors (Lipinski definition) is 4. The number of aliphatic imine (C=N–C) groups is 1. The number of guanidine groups is 1. The topological polar surface area (TPSA) is 103 Å². The van der Waals surface area contributed by atoms with E-state index in [1.807, 2.05) is 6.92 Å². The first kappa shape index (κ1) is 18.0. The molecular weight excluding hydrogens is 346 g/mol. The Labute approximate surface area is 158 Å². The standard InChI is InChI=1S/C19H27N5O3/c1-2-20-19(22-10-14(25)23-13-5-6-13)21-7-8-24-17(26)15-11-3-4-12(9-11)16(15)18(24)27/h3-4,11-13,15-16H,2,5-10H2,1H3,(H,23,25)(H2,20,21,22). The number of rotatable bonds is 7. The molecule has 8 nitrogen and oxygen atoms in total. The third-order valence-corrected chi connectivity index (χ3v) is 5.86. The number of nitrogens with zero attached hydrogens (tertiary/aromatic N) is 2. The van der Waals surface area contributed by atoms with E-state index in [1.165, 1.54) is 4.90 Å². The molecule has 3 aliphatic carbocycles. The molecule has 1 aliphatic heterocycles. The second-order valence-electron chi connectivity index (χ2n) is 7.79. The molecule has 4 aliphatic rings. The van der Waals surface area contributed by atoms with E-state index in [4.69, 9.17) is 0 Å². The van der Waals surface area contributed by atoms with Gasteiger partial charge in [0.15, 0.2) is 5.96 Å². The molecule has 4 unspecified atom stereocenters. The number of amides is 3. The van der Waals surface area contributed by atoms with Crippen LogP contribution in [0.15, 0.2) is 17.1 Å². The van der Waals surface area contributed by atoms with E-state index >= 15 is 0 Å². The molecule has 3 N–H and O–H groups in total. The Morgan fingerprint density at radius 2 is 1.81 bits per heavy atom. The first-order valence-electron chi connectivity index (χ1n) is 9.93. The van der Waals surface area contributed by atoms with Gasteiger partial charge in [-0.2, -0.15) is 0 Å². The van der Waals surface area contributed by atoms with Gasteiger partial charge in [0, 0.05) is 25.7 Å². The number of hydrogen-bond donors (Lipinski definition) is 3. The lowest BCUT2D eigenvalue weighted by atomic mass is 9.85. The van der Waals surface area contributed by atoms with Gasteiger partial charge in [-0.1, -0.05) is 12.2 Å². The fourth-order valence-corrected chi connectivity index (χ4v) is 4.46. The average molecular weight is 373 g/mol. The third-order valence-electron chi connectivity index (χ3n) is 5.86.